The summed E-state index contributed by atoms with van der Waals surface area (Å²) >= 11 is 12.0. The third-order valence-electron chi connectivity index (χ3n) is 2.90. The van der Waals surface area contributed by atoms with Gasteiger partial charge in [-0.15, -0.1) is 0 Å². The van der Waals surface area contributed by atoms with E-state index in [9.17, 15) is 0 Å². The lowest BCUT2D eigenvalue weighted by Gasteiger charge is -2.15. The maximum Gasteiger partial charge on any atom is 0.130 e. The van der Waals surface area contributed by atoms with Gasteiger partial charge < -0.3 is 5.73 Å². The van der Waals surface area contributed by atoms with Crippen LogP contribution in [0.15, 0.2) is 36.4 Å². The van der Waals surface area contributed by atoms with E-state index in [-0.39, 0.29) is 6.04 Å². The van der Waals surface area contributed by atoms with E-state index >= 15 is 0 Å². The first kappa shape index (κ1) is 13.3. The van der Waals surface area contributed by atoms with Gasteiger partial charge in [0.2, 0.25) is 0 Å². The highest BCUT2D eigenvalue weighted by Crippen LogP contribution is 2.26. The molecule has 0 spiro atoms. The molecule has 18 heavy (non-hydrogen) atoms. The summed E-state index contributed by atoms with van der Waals surface area (Å²) in [4.78, 5) is 4.21. The van der Waals surface area contributed by atoms with Crippen molar-refractivity contribution < 1.29 is 0 Å². The Morgan fingerprint density at radius 1 is 1.22 bits per heavy atom. The van der Waals surface area contributed by atoms with Crippen molar-refractivity contribution in [3.63, 3.8) is 0 Å². The second kappa shape index (κ2) is 5.70. The quantitative estimate of drug-likeness (QED) is 0.865. The van der Waals surface area contributed by atoms with Crippen molar-refractivity contribution in [1.82, 2.24) is 4.98 Å². The lowest BCUT2D eigenvalue weighted by Crippen LogP contribution is -2.14. The minimum Gasteiger partial charge on any atom is -0.324 e. The average molecular weight is 281 g/mol. The van der Waals surface area contributed by atoms with Gasteiger partial charge in [-0.1, -0.05) is 53.5 Å². The summed E-state index contributed by atoms with van der Waals surface area (Å²) in [7, 11) is 0. The van der Waals surface area contributed by atoms with E-state index in [0.717, 1.165) is 16.8 Å². The molecule has 2 rings (SSSR count). The molecule has 4 heteroatoms. The van der Waals surface area contributed by atoms with Crippen molar-refractivity contribution in [1.29, 1.82) is 0 Å². The Hall–Kier alpha value is -1.09. The topological polar surface area (TPSA) is 38.9 Å². The number of rotatable bonds is 3. The van der Waals surface area contributed by atoms with Gasteiger partial charge in [-0.2, -0.15) is 0 Å². The van der Waals surface area contributed by atoms with E-state index < -0.39 is 0 Å². The Bertz CT molecular complexity index is 518. The zero-order valence-electron chi connectivity index (χ0n) is 10.0. The van der Waals surface area contributed by atoms with Crippen LogP contribution >= 0.6 is 23.2 Å². The smallest absolute Gasteiger partial charge is 0.130 e. The number of aromatic nitrogens is 1. The van der Waals surface area contributed by atoms with Crippen LogP contribution in [0, 0.1) is 6.92 Å². The van der Waals surface area contributed by atoms with Gasteiger partial charge in [0.15, 0.2) is 0 Å². The van der Waals surface area contributed by atoms with Crippen LogP contribution in [0.25, 0.3) is 0 Å². The second-order valence-corrected chi connectivity index (χ2v) is 5.01. The molecule has 1 aromatic heterocycles. The molecule has 0 saturated heterocycles. The van der Waals surface area contributed by atoms with Crippen LogP contribution < -0.4 is 5.73 Å². The maximum atomic E-state index is 6.19. The standard InChI is InChI=1S/C14H14Cl2N2/c1-9-11(12(15)8-14(16)18-9)7-13(17)10-5-3-2-4-6-10/h2-6,8,13H,7,17H2,1H3. The lowest BCUT2D eigenvalue weighted by molar-refractivity contribution is 0.715. The van der Waals surface area contributed by atoms with Crippen molar-refractivity contribution >= 4 is 23.2 Å². The first-order valence-corrected chi connectivity index (χ1v) is 6.45. The summed E-state index contributed by atoms with van der Waals surface area (Å²) in [6.45, 7) is 1.89. The fourth-order valence-electron chi connectivity index (χ4n) is 1.91. The molecular formula is C14H14Cl2N2. The summed E-state index contributed by atoms with van der Waals surface area (Å²) in [6, 6.07) is 11.5. The molecule has 1 atom stereocenters. The third-order valence-corrected chi connectivity index (χ3v) is 3.43. The van der Waals surface area contributed by atoms with Gasteiger partial charge in [0.05, 0.1) is 0 Å². The van der Waals surface area contributed by atoms with Crippen molar-refractivity contribution in [2.75, 3.05) is 0 Å². The molecule has 1 aromatic carbocycles. The molecule has 2 nitrogen and oxygen atoms in total. The van der Waals surface area contributed by atoms with Gasteiger partial charge >= 0.3 is 0 Å². The predicted molar refractivity (Wildman–Crippen MR) is 76.1 cm³/mol. The molecule has 2 aromatic rings. The summed E-state index contributed by atoms with van der Waals surface area (Å²) in [5.41, 5.74) is 9.06. The minimum atomic E-state index is -0.0922. The van der Waals surface area contributed by atoms with Gasteiger partial charge in [0.1, 0.15) is 5.15 Å². The van der Waals surface area contributed by atoms with Crippen molar-refractivity contribution in [3.05, 3.63) is 63.4 Å². The lowest BCUT2D eigenvalue weighted by atomic mass is 9.99. The Morgan fingerprint density at radius 2 is 1.89 bits per heavy atom. The molecule has 2 N–H and O–H groups in total. The number of benzene rings is 1. The summed E-state index contributed by atoms with van der Waals surface area (Å²) in [5, 5.41) is 1.04. The highest BCUT2D eigenvalue weighted by Gasteiger charge is 2.13. The Morgan fingerprint density at radius 3 is 2.50 bits per heavy atom. The molecule has 0 bridgehead atoms. The molecule has 1 unspecified atom stereocenters. The van der Waals surface area contributed by atoms with Crippen molar-refractivity contribution in [3.8, 4) is 0 Å². The van der Waals surface area contributed by atoms with Crippen LogP contribution in [-0.2, 0) is 6.42 Å². The van der Waals surface area contributed by atoms with Gasteiger partial charge in [-0.05, 0) is 30.5 Å². The fraction of sp³-hybridized carbons (Fsp3) is 0.214. The number of hydrogen-bond donors (Lipinski definition) is 1. The van der Waals surface area contributed by atoms with E-state index in [4.69, 9.17) is 28.9 Å². The van der Waals surface area contributed by atoms with Crippen molar-refractivity contribution in [2.45, 2.75) is 19.4 Å². The Kier molecular flexibility index (Phi) is 4.23. The highest BCUT2D eigenvalue weighted by molar-refractivity contribution is 6.34. The Labute approximate surface area is 117 Å². The number of nitrogens with two attached hydrogens (primary N) is 1. The van der Waals surface area contributed by atoms with Crippen LogP contribution in [0.3, 0.4) is 0 Å². The van der Waals surface area contributed by atoms with E-state index in [1.165, 1.54) is 0 Å². The number of halogens is 2. The largest absolute Gasteiger partial charge is 0.324 e. The first-order valence-electron chi connectivity index (χ1n) is 5.70. The third kappa shape index (κ3) is 3.02. The number of hydrogen-bond acceptors (Lipinski definition) is 2. The summed E-state index contributed by atoms with van der Waals surface area (Å²) < 4.78 is 0. The molecule has 0 aliphatic carbocycles. The molecule has 0 saturated carbocycles. The molecule has 0 fully saturated rings. The average Bonchev–Trinajstić information content (AvgIpc) is 2.34. The highest BCUT2D eigenvalue weighted by atomic mass is 35.5. The van der Waals surface area contributed by atoms with Gasteiger partial charge in [-0.25, -0.2) is 4.98 Å². The first-order chi connectivity index (χ1) is 8.58. The fourth-order valence-corrected chi connectivity index (χ4v) is 2.52. The van der Waals surface area contributed by atoms with Crippen LogP contribution in [-0.4, -0.2) is 4.98 Å². The maximum absolute atomic E-state index is 6.19. The van der Waals surface area contributed by atoms with Crippen LogP contribution in [0.4, 0.5) is 0 Å². The number of nitrogens with zero attached hydrogens (tertiary/aromatic N) is 1. The van der Waals surface area contributed by atoms with Gasteiger partial charge in [0.25, 0.3) is 0 Å². The zero-order valence-corrected chi connectivity index (χ0v) is 11.5. The molecule has 94 valence electrons. The van der Waals surface area contributed by atoms with Crippen molar-refractivity contribution in [2.24, 2.45) is 5.73 Å². The van der Waals surface area contributed by atoms with Crippen LogP contribution in [0.2, 0.25) is 10.2 Å². The monoisotopic (exact) mass is 280 g/mol. The molecule has 0 aliphatic rings. The van der Waals surface area contributed by atoms with Crippen LogP contribution in [0.5, 0.6) is 0 Å². The molecular weight excluding hydrogens is 267 g/mol. The minimum absolute atomic E-state index is 0.0922. The number of pyridine rings is 1. The number of aryl methyl sites for hydroxylation is 1. The molecule has 0 radical (unpaired) electrons. The van der Waals surface area contributed by atoms with Gasteiger partial charge in [0, 0.05) is 16.8 Å². The normalized spacial score (nSPS) is 12.4. The Balaban J connectivity index is 2.25. The molecule has 0 amide bonds. The molecule has 0 aliphatic heterocycles. The van der Waals surface area contributed by atoms with Gasteiger partial charge in [-0.3, -0.25) is 0 Å². The zero-order chi connectivity index (χ0) is 13.1. The van der Waals surface area contributed by atoms with Crippen LogP contribution in [0.1, 0.15) is 22.9 Å². The van der Waals surface area contributed by atoms with E-state index in [0.29, 0.717) is 16.6 Å². The van der Waals surface area contributed by atoms with E-state index in [1.807, 2.05) is 37.3 Å². The van der Waals surface area contributed by atoms with E-state index in [2.05, 4.69) is 4.98 Å². The second-order valence-electron chi connectivity index (χ2n) is 4.21. The van der Waals surface area contributed by atoms with E-state index in [1.54, 1.807) is 6.07 Å². The summed E-state index contributed by atoms with van der Waals surface area (Å²) in [5.74, 6) is 0. The molecule has 1 heterocycles. The SMILES string of the molecule is Cc1nc(Cl)cc(Cl)c1CC(N)c1ccccc1. The summed E-state index contributed by atoms with van der Waals surface area (Å²) in [6.07, 6.45) is 0.652. The predicted octanol–water partition coefficient (Wildman–Crippen LogP) is 3.94.